The third kappa shape index (κ3) is 10.3. The monoisotopic (exact) mass is 746 g/mol. The van der Waals surface area contributed by atoms with E-state index in [2.05, 4.69) is 0 Å². The Labute approximate surface area is 304 Å². The molecular weight excluding hydrogens is 705 g/mol. The minimum absolute atomic E-state index is 0.0335. The van der Waals surface area contributed by atoms with Gasteiger partial charge in [-0.05, 0) is 43.7 Å². The topological polar surface area (TPSA) is 174 Å². The van der Waals surface area contributed by atoms with Gasteiger partial charge in [0.05, 0.1) is 68.0 Å². The summed E-state index contributed by atoms with van der Waals surface area (Å²) in [5, 5.41) is 11.0. The molecule has 0 saturated carbocycles. The zero-order valence-corrected chi connectivity index (χ0v) is 29.5. The zero-order valence-electron chi connectivity index (χ0n) is 29.5. The fourth-order valence-corrected chi connectivity index (χ4v) is 5.94. The van der Waals surface area contributed by atoms with E-state index in [9.17, 15) is 37.1 Å². The quantitative estimate of drug-likeness (QED) is 0.120. The Balaban J connectivity index is 1.09. The van der Waals surface area contributed by atoms with Gasteiger partial charge in [-0.3, -0.25) is 34.2 Å². The van der Waals surface area contributed by atoms with Crippen molar-refractivity contribution in [3.8, 4) is 17.6 Å². The van der Waals surface area contributed by atoms with Crippen molar-refractivity contribution in [2.24, 2.45) is 5.41 Å². The van der Waals surface area contributed by atoms with Crippen molar-refractivity contribution in [2.45, 2.75) is 51.9 Å². The smallest absolute Gasteiger partial charge is 0.417 e. The second-order valence-electron chi connectivity index (χ2n) is 13.0. The lowest BCUT2D eigenvalue weighted by Crippen LogP contribution is -2.38. The number of imide groups is 2. The highest BCUT2D eigenvalue weighted by Crippen LogP contribution is 2.38. The van der Waals surface area contributed by atoms with Crippen LogP contribution in [-0.2, 0) is 34.8 Å². The number of ether oxygens (including phenoxy) is 5. The molecule has 2 aliphatic rings. The molecule has 2 aromatic rings. The van der Waals surface area contributed by atoms with E-state index in [1.165, 1.54) is 23.1 Å². The summed E-state index contributed by atoms with van der Waals surface area (Å²) in [5.74, 6) is -1.82. The van der Waals surface area contributed by atoms with E-state index in [4.69, 9.17) is 28.9 Å². The first-order chi connectivity index (χ1) is 25.2. The van der Waals surface area contributed by atoms with Crippen LogP contribution in [0, 0.1) is 16.7 Å². The zero-order chi connectivity index (χ0) is 38.8. The maximum Gasteiger partial charge on any atom is 0.417 e. The van der Waals surface area contributed by atoms with Crippen LogP contribution in [0.1, 0.15) is 65.5 Å². The average Bonchev–Trinajstić information content (AvgIpc) is 3.50. The van der Waals surface area contributed by atoms with Crippen LogP contribution in [0.3, 0.4) is 0 Å². The first-order valence-corrected chi connectivity index (χ1v) is 16.9. The summed E-state index contributed by atoms with van der Waals surface area (Å²) >= 11 is 0. The lowest BCUT2D eigenvalue weighted by Gasteiger charge is -2.24. The van der Waals surface area contributed by atoms with Gasteiger partial charge < -0.3 is 28.6 Å². The third-order valence-electron chi connectivity index (χ3n) is 8.61. The van der Waals surface area contributed by atoms with Crippen LogP contribution in [0.2, 0.25) is 0 Å². The van der Waals surface area contributed by atoms with Crippen molar-refractivity contribution in [2.75, 3.05) is 59.3 Å². The van der Waals surface area contributed by atoms with Crippen molar-refractivity contribution in [3.05, 3.63) is 58.7 Å². The molecule has 286 valence electrons. The van der Waals surface area contributed by atoms with Gasteiger partial charge in [0.1, 0.15) is 18.1 Å². The molecule has 2 unspecified atom stereocenters. The van der Waals surface area contributed by atoms with Gasteiger partial charge in [0, 0.05) is 31.0 Å². The largest absolute Gasteiger partial charge is 0.490 e. The van der Waals surface area contributed by atoms with Crippen molar-refractivity contribution < 1.29 is 60.8 Å². The second kappa shape index (κ2) is 18.1. The van der Waals surface area contributed by atoms with Crippen molar-refractivity contribution >= 4 is 30.0 Å². The molecule has 4 rings (SSSR count). The number of hydrogen-bond acceptors (Lipinski definition) is 11. The van der Waals surface area contributed by atoms with Crippen LogP contribution < -0.4 is 14.8 Å². The van der Waals surface area contributed by atoms with Crippen LogP contribution in [0.4, 0.5) is 13.2 Å². The van der Waals surface area contributed by atoms with Gasteiger partial charge in [-0.1, -0.05) is 19.9 Å². The second-order valence-corrected chi connectivity index (χ2v) is 13.0. The van der Waals surface area contributed by atoms with Gasteiger partial charge in [0.15, 0.2) is 6.10 Å². The summed E-state index contributed by atoms with van der Waals surface area (Å²) in [7, 11) is 0. The van der Waals surface area contributed by atoms with Gasteiger partial charge in [0.25, 0.3) is 17.7 Å². The number of nitriles is 1. The van der Waals surface area contributed by atoms with E-state index < -0.39 is 52.6 Å². The molecule has 5 amide bonds. The first-order valence-electron chi connectivity index (χ1n) is 16.9. The molecule has 2 atom stereocenters. The Morgan fingerprint density at radius 1 is 1.02 bits per heavy atom. The van der Waals surface area contributed by atoms with Crippen LogP contribution >= 0.6 is 0 Å². The predicted octanol–water partition coefficient (Wildman–Crippen LogP) is 3.36. The molecule has 2 aliphatic heterocycles. The summed E-state index contributed by atoms with van der Waals surface area (Å²) in [4.78, 5) is 63.8. The molecular formula is C36H41F3N4O10. The van der Waals surface area contributed by atoms with Crippen molar-refractivity contribution in [1.29, 1.82) is 5.26 Å². The molecule has 0 radical (unpaired) electrons. The minimum atomic E-state index is -4.75. The van der Waals surface area contributed by atoms with E-state index in [0.717, 1.165) is 17.0 Å². The Kier molecular flexibility index (Phi) is 13.9. The molecule has 1 saturated heterocycles. The highest BCUT2D eigenvalue weighted by atomic mass is 19.4. The SMILES string of the molecule is CC(CCC(=O)NC=O)N1C(=O)c2cccc(OCCOCCOCCOCCN3CC(C)(C)C(Oc4ccc(C#N)c(C(F)(F)F)c4)C3=O)c2C1=O. The summed E-state index contributed by atoms with van der Waals surface area (Å²) in [6, 6.07) is 8.66. The van der Waals surface area contributed by atoms with E-state index >= 15 is 0 Å². The molecule has 1 fully saturated rings. The lowest BCUT2D eigenvalue weighted by atomic mass is 9.89. The standard InChI is InChI=1S/C36H41F3N4O10/c1-23(7-10-29(45)41-22-44)43-32(46)26-5-4-6-28(30(26)33(43)47)52-18-17-51-16-15-50-14-13-49-12-11-42-21-35(2,3)31(34(42)48)53-25-9-8-24(20-40)27(19-25)36(37,38)39/h4-6,8-9,19,22-23,31H,7,10-18,21H2,1-3H3,(H,41,44,45). The maximum atomic E-state index is 13.4. The molecule has 17 heteroatoms. The van der Waals surface area contributed by atoms with Gasteiger partial charge in [-0.15, -0.1) is 0 Å². The molecule has 2 heterocycles. The normalized spacial score (nSPS) is 17.1. The lowest BCUT2D eigenvalue weighted by molar-refractivity contribution is -0.138. The predicted molar refractivity (Wildman–Crippen MR) is 179 cm³/mol. The third-order valence-corrected chi connectivity index (χ3v) is 8.61. The number of nitrogens with zero attached hydrogens (tertiary/aromatic N) is 3. The number of carbonyl (C=O) groups excluding carboxylic acids is 5. The van der Waals surface area contributed by atoms with E-state index in [1.54, 1.807) is 32.9 Å². The number of carbonyl (C=O) groups is 5. The van der Waals surface area contributed by atoms with E-state index in [1.807, 2.05) is 5.32 Å². The molecule has 14 nitrogen and oxygen atoms in total. The maximum absolute atomic E-state index is 13.4. The number of amides is 5. The molecule has 0 aromatic heterocycles. The Morgan fingerprint density at radius 2 is 1.68 bits per heavy atom. The van der Waals surface area contributed by atoms with Crippen LogP contribution in [0.15, 0.2) is 36.4 Å². The average molecular weight is 747 g/mol. The van der Waals surface area contributed by atoms with Crippen molar-refractivity contribution in [1.82, 2.24) is 15.1 Å². The molecule has 0 spiro atoms. The molecule has 0 aliphatic carbocycles. The van der Waals surface area contributed by atoms with E-state index in [0.29, 0.717) is 6.54 Å². The number of rotatable bonds is 20. The Morgan fingerprint density at radius 3 is 2.32 bits per heavy atom. The number of hydrogen-bond donors (Lipinski definition) is 1. The number of halogens is 3. The molecule has 53 heavy (non-hydrogen) atoms. The first kappa shape index (κ1) is 40.7. The van der Waals surface area contributed by atoms with Gasteiger partial charge in [-0.2, -0.15) is 18.4 Å². The van der Waals surface area contributed by atoms with E-state index in [-0.39, 0.29) is 101 Å². The molecule has 0 bridgehead atoms. The van der Waals surface area contributed by atoms with Crippen LogP contribution in [-0.4, -0.2) is 111 Å². The Bertz CT molecular complexity index is 1710. The molecule has 1 N–H and O–H groups in total. The minimum Gasteiger partial charge on any atom is -0.490 e. The van der Waals surface area contributed by atoms with Gasteiger partial charge >= 0.3 is 6.18 Å². The number of benzene rings is 2. The number of alkyl halides is 3. The fraction of sp³-hybridized carbons (Fsp3) is 0.500. The number of likely N-dealkylation sites (tertiary alicyclic amines) is 1. The highest BCUT2D eigenvalue weighted by Gasteiger charge is 2.48. The summed E-state index contributed by atoms with van der Waals surface area (Å²) in [6.45, 7) is 7.26. The number of nitrogens with one attached hydrogen (secondary N) is 1. The Hall–Kier alpha value is -5.05. The summed E-state index contributed by atoms with van der Waals surface area (Å²) in [6.07, 6.45) is -5.34. The summed E-state index contributed by atoms with van der Waals surface area (Å²) < 4.78 is 68.2. The van der Waals surface area contributed by atoms with Crippen LogP contribution in [0.5, 0.6) is 11.5 Å². The fourth-order valence-electron chi connectivity index (χ4n) is 5.94. The summed E-state index contributed by atoms with van der Waals surface area (Å²) in [5.41, 5.74) is -2.02. The molecule has 2 aromatic carbocycles. The van der Waals surface area contributed by atoms with Gasteiger partial charge in [0.2, 0.25) is 12.3 Å². The highest BCUT2D eigenvalue weighted by molar-refractivity contribution is 6.22. The van der Waals surface area contributed by atoms with Gasteiger partial charge in [-0.25, -0.2) is 0 Å². The van der Waals surface area contributed by atoms with Crippen LogP contribution in [0.25, 0.3) is 0 Å². The number of fused-ring (bicyclic) bond motifs is 1. The van der Waals surface area contributed by atoms with Crippen molar-refractivity contribution in [3.63, 3.8) is 0 Å².